The molecule has 1 aromatic heterocycles. The van der Waals surface area contributed by atoms with E-state index in [1.807, 2.05) is 6.07 Å². The van der Waals surface area contributed by atoms with Gasteiger partial charge in [0, 0.05) is 12.0 Å². The second-order valence-corrected chi connectivity index (χ2v) is 6.12. The van der Waals surface area contributed by atoms with Crippen molar-refractivity contribution >= 4 is 12.0 Å². The van der Waals surface area contributed by atoms with E-state index >= 15 is 0 Å². The Morgan fingerprint density at radius 3 is 2.62 bits per heavy atom. The van der Waals surface area contributed by atoms with E-state index in [1.165, 1.54) is 13.1 Å². The first kappa shape index (κ1) is 20.7. The number of ether oxygens (including phenoxy) is 2. The molecule has 138 valence electrons. The van der Waals surface area contributed by atoms with Crippen molar-refractivity contribution in [2.24, 2.45) is 5.11 Å². The average Bonchev–Trinajstić information content (AvgIpc) is 2.57. The van der Waals surface area contributed by atoms with Crippen molar-refractivity contribution in [3.8, 4) is 11.8 Å². The maximum Gasteiger partial charge on any atom is 0.417 e. The van der Waals surface area contributed by atoms with Gasteiger partial charge in [-0.1, -0.05) is 5.11 Å². The van der Waals surface area contributed by atoms with Crippen LogP contribution in [0.3, 0.4) is 0 Å². The standard InChI is InChI=1S/C16H20N6O4/c1-6-25-12-7-10(9-19-21-18)11(8-17)20-13(12)14(23)22(5)15(24)26-16(2,3)4/h7H,6,9H2,1-5H3. The molecule has 0 fully saturated rings. The summed E-state index contributed by atoms with van der Waals surface area (Å²) < 4.78 is 10.6. The minimum Gasteiger partial charge on any atom is -0.491 e. The Labute approximate surface area is 151 Å². The predicted molar refractivity (Wildman–Crippen MR) is 91.3 cm³/mol. The van der Waals surface area contributed by atoms with Crippen LogP contribution >= 0.6 is 0 Å². The lowest BCUT2D eigenvalue weighted by molar-refractivity contribution is 0.0282. The van der Waals surface area contributed by atoms with E-state index in [-0.39, 0.29) is 30.3 Å². The Hall–Kier alpha value is -3.31. The minimum absolute atomic E-state index is 0.0787. The molecule has 0 bridgehead atoms. The van der Waals surface area contributed by atoms with Crippen LogP contribution in [-0.2, 0) is 11.3 Å². The summed E-state index contributed by atoms with van der Waals surface area (Å²) in [5.74, 6) is -0.704. The number of rotatable bonds is 5. The van der Waals surface area contributed by atoms with Crippen molar-refractivity contribution in [2.45, 2.75) is 39.8 Å². The number of nitriles is 1. The topological polar surface area (TPSA) is 141 Å². The molecule has 2 amide bonds. The molecule has 0 radical (unpaired) electrons. The van der Waals surface area contributed by atoms with Crippen LogP contribution in [0.25, 0.3) is 10.4 Å². The predicted octanol–water partition coefficient (Wildman–Crippen LogP) is 3.17. The highest BCUT2D eigenvalue weighted by Gasteiger charge is 2.28. The van der Waals surface area contributed by atoms with Crippen LogP contribution < -0.4 is 4.74 Å². The maximum absolute atomic E-state index is 12.7. The first-order valence-electron chi connectivity index (χ1n) is 7.73. The fourth-order valence-corrected chi connectivity index (χ4v) is 1.85. The van der Waals surface area contributed by atoms with E-state index < -0.39 is 17.6 Å². The zero-order valence-electron chi connectivity index (χ0n) is 15.3. The van der Waals surface area contributed by atoms with Gasteiger partial charge in [-0.25, -0.2) is 14.7 Å². The van der Waals surface area contributed by atoms with Gasteiger partial charge in [-0.3, -0.25) is 4.79 Å². The first-order valence-corrected chi connectivity index (χ1v) is 7.73. The molecule has 0 N–H and O–H groups in total. The summed E-state index contributed by atoms with van der Waals surface area (Å²) in [5.41, 5.74) is 7.67. The molecule has 0 atom stereocenters. The second-order valence-electron chi connectivity index (χ2n) is 6.12. The molecular weight excluding hydrogens is 340 g/mol. The Bertz CT molecular complexity index is 787. The Balaban J connectivity index is 3.32. The maximum atomic E-state index is 12.7. The molecule has 10 nitrogen and oxygen atoms in total. The summed E-state index contributed by atoms with van der Waals surface area (Å²) in [4.78, 5) is 32.1. The number of aromatic nitrogens is 1. The minimum atomic E-state index is -0.858. The van der Waals surface area contributed by atoms with Crippen LogP contribution in [-0.4, -0.2) is 41.1 Å². The fourth-order valence-electron chi connectivity index (χ4n) is 1.85. The first-order chi connectivity index (χ1) is 12.1. The number of hydrogen-bond acceptors (Lipinski definition) is 7. The summed E-state index contributed by atoms with van der Waals surface area (Å²) in [6, 6.07) is 3.24. The quantitative estimate of drug-likeness (QED) is 0.448. The smallest absolute Gasteiger partial charge is 0.417 e. The zero-order chi connectivity index (χ0) is 19.9. The van der Waals surface area contributed by atoms with Crippen molar-refractivity contribution in [3.05, 3.63) is 33.5 Å². The Kier molecular flexibility index (Phi) is 6.93. The van der Waals surface area contributed by atoms with Gasteiger partial charge >= 0.3 is 6.09 Å². The summed E-state index contributed by atoms with van der Waals surface area (Å²) >= 11 is 0. The molecule has 0 aliphatic heterocycles. The van der Waals surface area contributed by atoms with Gasteiger partial charge in [-0.2, -0.15) is 5.26 Å². The van der Waals surface area contributed by atoms with Crippen LogP contribution in [0.4, 0.5) is 4.79 Å². The van der Waals surface area contributed by atoms with Gasteiger partial charge in [0.25, 0.3) is 5.91 Å². The van der Waals surface area contributed by atoms with Gasteiger partial charge in [-0.05, 0) is 44.9 Å². The molecule has 26 heavy (non-hydrogen) atoms. The van der Waals surface area contributed by atoms with Crippen LogP contribution in [0.1, 0.15) is 49.4 Å². The molecule has 0 aromatic carbocycles. The molecule has 1 rings (SSSR count). The van der Waals surface area contributed by atoms with Crippen molar-refractivity contribution in [3.63, 3.8) is 0 Å². The summed E-state index contributed by atoms with van der Waals surface area (Å²) in [7, 11) is 1.24. The summed E-state index contributed by atoms with van der Waals surface area (Å²) in [5, 5.41) is 12.6. The molecule has 0 aliphatic carbocycles. The monoisotopic (exact) mass is 360 g/mol. The molecule has 10 heteroatoms. The summed E-state index contributed by atoms with van der Waals surface area (Å²) in [6.07, 6.45) is -0.858. The lowest BCUT2D eigenvalue weighted by atomic mass is 10.1. The van der Waals surface area contributed by atoms with Gasteiger partial charge in [0.2, 0.25) is 0 Å². The molecular formula is C16H20N6O4. The molecule has 0 unspecified atom stereocenters. The molecule has 0 saturated carbocycles. The average molecular weight is 360 g/mol. The van der Waals surface area contributed by atoms with Gasteiger partial charge in [-0.15, -0.1) is 0 Å². The highest BCUT2D eigenvalue weighted by atomic mass is 16.6. The lowest BCUT2D eigenvalue weighted by Crippen LogP contribution is -2.38. The third-order valence-electron chi connectivity index (χ3n) is 2.95. The molecule has 0 saturated heterocycles. The van der Waals surface area contributed by atoms with Gasteiger partial charge in [0.15, 0.2) is 11.4 Å². The van der Waals surface area contributed by atoms with Crippen LogP contribution in [0.5, 0.6) is 5.75 Å². The van der Waals surface area contributed by atoms with Crippen molar-refractivity contribution in [1.82, 2.24) is 9.88 Å². The van der Waals surface area contributed by atoms with E-state index in [2.05, 4.69) is 15.0 Å². The van der Waals surface area contributed by atoms with E-state index in [1.54, 1.807) is 27.7 Å². The Morgan fingerprint density at radius 1 is 1.46 bits per heavy atom. The van der Waals surface area contributed by atoms with Gasteiger partial charge in [0.1, 0.15) is 17.4 Å². The van der Waals surface area contributed by atoms with Crippen molar-refractivity contribution in [1.29, 1.82) is 5.26 Å². The number of azide groups is 1. The second kappa shape index (κ2) is 8.69. The fraction of sp³-hybridized carbons (Fsp3) is 0.500. The van der Waals surface area contributed by atoms with Crippen LogP contribution in [0.2, 0.25) is 0 Å². The number of hydrogen-bond donors (Lipinski definition) is 0. The highest BCUT2D eigenvalue weighted by Crippen LogP contribution is 2.23. The van der Waals surface area contributed by atoms with Gasteiger partial charge in [0.05, 0.1) is 13.2 Å². The molecule has 1 aromatic rings. The van der Waals surface area contributed by atoms with Crippen LogP contribution in [0.15, 0.2) is 11.2 Å². The Morgan fingerprint density at radius 2 is 2.12 bits per heavy atom. The van der Waals surface area contributed by atoms with Gasteiger partial charge < -0.3 is 9.47 Å². The third-order valence-corrected chi connectivity index (χ3v) is 2.95. The van der Waals surface area contributed by atoms with Crippen molar-refractivity contribution in [2.75, 3.05) is 13.7 Å². The molecule has 0 aliphatic rings. The van der Waals surface area contributed by atoms with E-state index in [0.29, 0.717) is 5.56 Å². The largest absolute Gasteiger partial charge is 0.491 e. The number of pyridine rings is 1. The summed E-state index contributed by atoms with van der Waals surface area (Å²) in [6.45, 7) is 6.83. The third kappa shape index (κ3) is 5.36. The number of amides is 2. The number of carbonyl (C=O) groups is 2. The molecule has 1 heterocycles. The highest BCUT2D eigenvalue weighted by molar-refractivity contribution is 6.03. The normalized spacial score (nSPS) is 10.3. The SMILES string of the molecule is CCOc1cc(CN=[N+]=[N-])c(C#N)nc1C(=O)N(C)C(=O)OC(C)(C)C. The van der Waals surface area contributed by atoms with E-state index in [4.69, 9.17) is 15.0 Å². The van der Waals surface area contributed by atoms with E-state index in [9.17, 15) is 14.9 Å². The van der Waals surface area contributed by atoms with Crippen LogP contribution in [0, 0.1) is 11.3 Å². The number of imide groups is 1. The lowest BCUT2D eigenvalue weighted by Gasteiger charge is -2.24. The number of carbonyl (C=O) groups excluding carboxylic acids is 2. The number of nitrogens with zero attached hydrogens (tertiary/aromatic N) is 6. The zero-order valence-corrected chi connectivity index (χ0v) is 15.3. The van der Waals surface area contributed by atoms with Crippen molar-refractivity contribution < 1.29 is 19.1 Å². The molecule has 0 spiro atoms. The van der Waals surface area contributed by atoms with E-state index in [0.717, 1.165) is 4.90 Å².